The zero-order valence-corrected chi connectivity index (χ0v) is 27.0. The van der Waals surface area contributed by atoms with Crippen LogP contribution in [0.3, 0.4) is 0 Å². The second-order valence-electron chi connectivity index (χ2n) is 12.3. The van der Waals surface area contributed by atoms with Crippen molar-refractivity contribution in [1.82, 2.24) is 10.3 Å². The summed E-state index contributed by atoms with van der Waals surface area (Å²) in [7, 11) is 0. The number of carbonyl (C=O) groups is 1. The summed E-state index contributed by atoms with van der Waals surface area (Å²) in [4.78, 5) is 21.2. The number of nitrogens with one attached hydrogen (secondary N) is 1. The van der Waals surface area contributed by atoms with Gasteiger partial charge in [0.1, 0.15) is 11.5 Å². The summed E-state index contributed by atoms with van der Waals surface area (Å²) in [5.41, 5.74) is 10.9. The van der Waals surface area contributed by atoms with Crippen LogP contribution in [0.25, 0.3) is 16.7 Å². The minimum absolute atomic E-state index is 0.0425. The van der Waals surface area contributed by atoms with Crippen molar-refractivity contribution in [1.29, 1.82) is 0 Å². The first-order valence-electron chi connectivity index (χ1n) is 16.8. The number of pyridine rings is 1. The number of nitrogens with zero attached hydrogens (tertiary/aromatic N) is 2. The first-order valence-corrected chi connectivity index (χ1v) is 16.8. The Kier molecular flexibility index (Phi) is 9.63. The summed E-state index contributed by atoms with van der Waals surface area (Å²) in [6.07, 6.45) is 19.0. The number of aromatic nitrogens is 1. The molecule has 6 rings (SSSR count). The van der Waals surface area contributed by atoms with Gasteiger partial charge in [-0.25, -0.2) is 0 Å². The topological polar surface area (TPSA) is 54.5 Å². The van der Waals surface area contributed by atoms with E-state index in [0.717, 1.165) is 91.1 Å². The lowest BCUT2D eigenvalue weighted by atomic mass is 9.82. The Morgan fingerprint density at radius 3 is 2.51 bits per heavy atom. The predicted octanol–water partition coefficient (Wildman–Crippen LogP) is 9.11. The fourth-order valence-electron chi connectivity index (χ4n) is 6.71. The Labute approximate surface area is 268 Å². The first-order chi connectivity index (χ1) is 22.1. The fourth-order valence-corrected chi connectivity index (χ4v) is 6.71. The predicted molar refractivity (Wildman–Crippen MR) is 185 cm³/mol. The number of hydrogen-bond acceptors (Lipinski definition) is 4. The SMILES string of the molecule is CCC1=C(Oc2cccc(CC)c2)C=CC(NC(=O)C2=C(CC)CCc3ccc(-c4cncc(N5CCCCC5)c4)cc32)=CC1. The average molecular weight is 600 g/mol. The summed E-state index contributed by atoms with van der Waals surface area (Å²) in [6, 6.07) is 17.1. The number of ether oxygens (including phenoxy) is 1. The number of piperidine rings is 1. The van der Waals surface area contributed by atoms with Crippen LogP contribution in [0.4, 0.5) is 5.69 Å². The van der Waals surface area contributed by atoms with E-state index in [1.165, 1.54) is 47.2 Å². The van der Waals surface area contributed by atoms with Crippen LogP contribution in [0.15, 0.2) is 102 Å². The van der Waals surface area contributed by atoms with E-state index < -0.39 is 0 Å². The number of amides is 1. The maximum Gasteiger partial charge on any atom is 0.256 e. The fraction of sp³-hybridized carbons (Fsp3) is 0.350. The maximum absolute atomic E-state index is 14.1. The lowest BCUT2D eigenvalue weighted by Gasteiger charge is -2.28. The normalized spacial score (nSPS) is 16.7. The van der Waals surface area contributed by atoms with Gasteiger partial charge in [0, 0.05) is 36.1 Å². The van der Waals surface area contributed by atoms with Gasteiger partial charge in [-0.2, -0.15) is 0 Å². The Bertz CT molecular complexity index is 1690. The zero-order valence-electron chi connectivity index (χ0n) is 27.0. The van der Waals surface area contributed by atoms with Crippen molar-refractivity contribution in [3.63, 3.8) is 0 Å². The molecule has 2 aliphatic carbocycles. The molecule has 3 aliphatic rings. The number of fused-ring (bicyclic) bond motifs is 1. The third-order valence-electron chi connectivity index (χ3n) is 9.41. The van der Waals surface area contributed by atoms with E-state index in [1.807, 2.05) is 36.7 Å². The monoisotopic (exact) mass is 599 g/mol. The number of allylic oxidation sites excluding steroid dienone is 5. The zero-order chi connectivity index (χ0) is 31.2. The Balaban J connectivity index is 1.24. The summed E-state index contributed by atoms with van der Waals surface area (Å²) < 4.78 is 6.36. The van der Waals surface area contributed by atoms with Crippen molar-refractivity contribution in [2.45, 2.75) is 78.6 Å². The minimum Gasteiger partial charge on any atom is -0.457 e. The molecule has 1 aromatic heterocycles. The lowest BCUT2D eigenvalue weighted by molar-refractivity contribution is -0.114. The van der Waals surface area contributed by atoms with Gasteiger partial charge in [-0.1, -0.05) is 56.7 Å². The smallest absolute Gasteiger partial charge is 0.256 e. The van der Waals surface area contributed by atoms with Crippen molar-refractivity contribution in [3.8, 4) is 16.9 Å². The van der Waals surface area contributed by atoms with Gasteiger partial charge in [0.05, 0.1) is 11.9 Å². The molecule has 0 saturated carbocycles. The van der Waals surface area contributed by atoms with Gasteiger partial charge in [-0.05, 0) is 122 Å². The molecule has 2 aromatic carbocycles. The third-order valence-corrected chi connectivity index (χ3v) is 9.41. The molecule has 3 aromatic rings. The lowest BCUT2D eigenvalue weighted by Crippen LogP contribution is -2.29. The van der Waals surface area contributed by atoms with Crippen LogP contribution in [-0.4, -0.2) is 24.0 Å². The van der Waals surface area contributed by atoms with Gasteiger partial charge in [0.15, 0.2) is 0 Å². The molecule has 0 radical (unpaired) electrons. The molecule has 0 spiro atoms. The van der Waals surface area contributed by atoms with Crippen molar-refractivity contribution < 1.29 is 9.53 Å². The Hall–Kier alpha value is -4.38. The molecule has 1 amide bonds. The minimum atomic E-state index is -0.0425. The van der Waals surface area contributed by atoms with E-state index >= 15 is 0 Å². The number of benzene rings is 2. The van der Waals surface area contributed by atoms with E-state index in [4.69, 9.17) is 4.74 Å². The van der Waals surface area contributed by atoms with Gasteiger partial charge < -0.3 is 15.0 Å². The molecule has 1 saturated heterocycles. The number of anilines is 1. The molecule has 0 bridgehead atoms. The molecule has 232 valence electrons. The van der Waals surface area contributed by atoms with Crippen LogP contribution in [0.5, 0.6) is 5.75 Å². The van der Waals surface area contributed by atoms with Crippen molar-refractivity contribution >= 4 is 17.2 Å². The number of carbonyl (C=O) groups excluding carboxylic acids is 1. The number of aryl methyl sites for hydroxylation is 2. The van der Waals surface area contributed by atoms with E-state index in [-0.39, 0.29) is 5.91 Å². The van der Waals surface area contributed by atoms with Crippen LogP contribution < -0.4 is 15.0 Å². The van der Waals surface area contributed by atoms with Gasteiger partial charge in [0.25, 0.3) is 5.91 Å². The van der Waals surface area contributed by atoms with Crippen LogP contribution >= 0.6 is 0 Å². The Morgan fingerprint density at radius 2 is 1.71 bits per heavy atom. The molecule has 0 unspecified atom stereocenters. The highest BCUT2D eigenvalue weighted by Crippen LogP contribution is 2.37. The molecule has 45 heavy (non-hydrogen) atoms. The molecule has 5 nitrogen and oxygen atoms in total. The molecule has 0 atom stereocenters. The highest BCUT2D eigenvalue weighted by atomic mass is 16.5. The van der Waals surface area contributed by atoms with Crippen molar-refractivity contribution in [3.05, 3.63) is 118 Å². The second-order valence-corrected chi connectivity index (χ2v) is 12.3. The van der Waals surface area contributed by atoms with Gasteiger partial charge in [0.2, 0.25) is 0 Å². The van der Waals surface area contributed by atoms with Gasteiger partial charge >= 0.3 is 0 Å². The Morgan fingerprint density at radius 1 is 0.867 bits per heavy atom. The summed E-state index contributed by atoms with van der Waals surface area (Å²) >= 11 is 0. The highest BCUT2D eigenvalue weighted by molar-refractivity contribution is 6.22. The first kappa shape index (κ1) is 30.6. The van der Waals surface area contributed by atoms with Gasteiger partial charge in [-0.3, -0.25) is 9.78 Å². The molecule has 1 N–H and O–H groups in total. The van der Waals surface area contributed by atoms with E-state index in [0.29, 0.717) is 0 Å². The van der Waals surface area contributed by atoms with Crippen LogP contribution in [0, 0.1) is 0 Å². The van der Waals surface area contributed by atoms with Crippen molar-refractivity contribution in [2.75, 3.05) is 18.0 Å². The second kappa shape index (κ2) is 14.2. The quantitative estimate of drug-likeness (QED) is 0.267. The average Bonchev–Trinajstić information content (AvgIpc) is 3.29. The molecule has 5 heteroatoms. The highest BCUT2D eigenvalue weighted by Gasteiger charge is 2.25. The molecular weight excluding hydrogens is 554 g/mol. The van der Waals surface area contributed by atoms with E-state index in [9.17, 15) is 4.79 Å². The maximum atomic E-state index is 14.1. The van der Waals surface area contributed by atoms with Gasteiger partial charge in [-0.15, -0.1) is 0 Å². The third kappa shape index (κ3) is 6.98. The van der Waals surface area contributed by atoms with Crippen molar-refractivity contribution in [2.24, 2.45) is 0 Å². The number of rotatable bonds is 9. The summed E-state index contributed by atoms with van der Waals surface area (Å²) in [5, 5.41) is 3.27. The largest absolute Gasteiger partial charge is 0.457 e. The summed E-state index contributed by atoms with van der Waals surface area (Å²) in [6.45, 7) is 8.63. The standard InChI is InChI=1S/C40H45N3O2/c1-4-28-11-10-12-36(23-28)45-38-20-19-34(18-17-29(38)5-2)42-40(44)39-30(6-3)13-14-31-15-16-32(25-37(31)39)33-24-35(27-41-26-33)43-21-8-7-9-22-43/h10-12,15-16,18-20,23-27H,4-9,13-14,17,21-22H2,1-3H3,(H,42,44). The molecule has 2 heterocycles. The van der Waals surface area contributed by atoms with E-state index in [1.54, 1.807) is 0 Å². The van der Waals surface area contributed by atoms with Crippen LogP contribution in [0.1, 0.15) is 82.4 Å². The summed E-state index contributed by atoms with van der Waals surface area (Å²) in [5.74, 6) is 1.66. The molecule has 1 fully saturated rings. The number of hydrogen-bond donors (Lipinski definition) is 1. The molecule has 1 aliphatic heterocycles. The van der Waals surface area contributed by atoms with Crippen LogP contribution in [0.2, 0.25) is 0 Å². The van der Waals surface area contributed by atoms with E-state index in [2.05, 4.69) is 78.4 Å². The molecular formula is C40H45N3O2. The van der Waals surface area contributed by atoms with Crippen LogP contribution in [-0.2, 0) is 17.6 Å².